The van der Waals surface area contributed by atoms with Crippen molar-refractivity contribution in [3.05, 3.63) is 99.5 Å². The van der Waals surface area contributed by atoms with E-state index in [1.54, 1.807) is 48.5 Å². The SMILES string of the molecule is N/C(=N\OC(=O)c1cccc(COc2cccc(Cl)c2Cl)c1)c1ccccc1. The first kappa shape index (κ1) is 19.7. The largest absolute Gasteiger partial charge is 0.487 e. The third-order valence-corrected chi connectivity index (χ3v) is 4.57. The van der Waals surface area contributed by atoms with Gasteiger partial charge in [-0.2, -0.15) is 0 Å². The van der Waals surface area contributed by atoms with E-state index < -0.39 is 5.97 Å². The van der Waals surface area contributed by atoms with Crippen molar-refractivity contribution in [3.63, 3.8) is 0 Å². The highest BCUT2D eigenvalue weighted by molar-refractivity contribution is 6.42. The van der Waals surface area contributed by atoms with Crippen LogP contribution in [0.3, 0.4) is 0 Å². The van der Waals surface area contributed by atoms with Crippen LogP contribution in [0.5, 0.6) is 5.75 Å². The Bertz CT molecular complexity index is 1010. The lowest BCUT2D eigenvalue weighted by atomic mass is 10.1. The number of benzene rings is 3. The van der Waals surface area contributed by atoms with Gasteiger partial charge in [0.05, 0.1) is 10.6 Å². The predicted molar refractivity (Wildman–Crippen MR) is 110 cm³/mol. The average molecular weight is 415 g/mol. The molecule has 0 aliphatic carbocycles. The molecule has 0 atom stereocenters. The zero-order chi connectivity index (χ0) is 19.9. The molecule has 0 spiro atoms. The second-order valence-electron chi connectivity index (χ2n) is 5.76. The molecule has 0 aliphatic rings. The highest BCUT2D eigenvalue weighted by atomic mass is 35.5. The standard InChI is InChI=1S/C21H16Cl2N2O3/c22-17-10-5-11-18(19(17)23)27-13-14-6-4-9-16(12-14)21(26)28-25-20(24)15-7-2-1-3-8-15/h1-12H,13H2,(H2,24,25). The van der Waals surface area contributed by atoms with Crippen LogP contribution < -0.4 is 10.5 Å². The van der Waals surface area contributed by atoms with E-state index in [0.29, 0.717) is 26.9 Å². The fourth-order valence-corrected chi connectivity index (χ4v) is 2.70. The molecule has 3 aromatic rings. The Balaban J connectivity index is 1.65. The van der Waals surface area contributed by atoms with Crippen LogP contribution in [-0.4, -0.2) is 11.8 Å². The van der Waals surface area contributed by atoms with E-state index in [-0.39, 0.29) is 12.4 Å². The number of ether oxygens (including phenoxy) is 1. The Morgan fingerprint density at radius 2 is 1.64 bits per heavy atom. The molecule has 142 valence electrons. The molecule has 3 rings (SSSR count). The van der Waals surface area contributed by atoms with Crippen LogP contribution in [-0.2, 0) is 11.4 Å². The van der Waals surface area contributed by atoms with Gasteiger partial charge in [-0.1, -0.05) is 76.9 Å². The van der Waals surface area contributed by atoms with Crippen molar-refractivity contribution in [2.75, 3.05) is 0 Å². The van der Waals surface area contributed by atoms with Crippen molar-refractivity contribution < 1.29 is 14.4 Å². The number of carbonyl (C=O) groups is 1. The summed E-state index contributed by atoms with van der Waals surface area (Å²) in [6.45, 7) is 0.205. The molecular formula is C21H16Cl2N2O3. The first-order valence-electron chi connectivity index (χ1n) is 8.30. The Hall–Kier alpha value is -3.02. The number of carbonyl (C=O) groups excluding carboxylic acids is 1. The molecule has 5 nitrogen and oxygen atoms in total. The number of hydrogen-bond donors (Lipinski definition) is 1. The summed E-state index contributed by atoms with van der Waals surface area (Å²) in [5, 5.41) is 4.44. The van der Waals surface area contributed by atoms with E-state index in [0.717, 1.165) is 5.56 Å². The molecule has 3 aromatic carbocycles. The maximum atomic E-state index is 12.2. The normalized spacial score (nSPS) is 11.1. The van der Waals surface area contributed by atoms with E-state index in [1.165, 1.54) is 0 Å². The van der Waals surface area contributed by atoms with Crippen LogP contribution in [0.15, 0.2) is 78.0 Å². The van der Waals surface area contributed by atoms with Crippen LogP contribution in [0.2, 0.25) is 10.0 Å². The molecule has 0 saturated carbocycles. The zero-order valence-corrected chi connectivity index (χ0v) is 16.2. The van der Waals surface area contributed by atoms with E-state index in [2.05, 4.69) is 5.16 Å². The highest BCUT2D eigenvalue weighted by Crippen LogP contribution is 2.31. The predicted octanol–water partition coefficient (Wildman–Crippen LogP) is 5.05. The maximum Gasteiger partial charge on any atom is 0.365 e. The minimum atomic E-state index is -0.624. The molecule has 7 heteroatoms. The minimum absolute atomic E-state index is 0.115. The fourth-order valence-electron chi connectivity index (χ4n) is 2.35. The van der Waals surface area contributed by atoms with E-state index in [9.17, 15) is 4.79 Å². The number of nitrogens with zero attached hydrogens (tertiary/aromatic N) is 1. The Labute approximate surface area is 172 Å². The Morgan fingerprint density at radius 3 is 2.43 bits per heavy atom. The van der Waals surface area contributed by atoms with Crippen LogP contribution in [0.4, 0.5) is 0 Å². The molecule has 0 heterocycles. The van der Waals surface area contributed by atoms with Crippen LogP contribution >= 0.6 is 23.2 Å². The van der Waals surface area contributed by atoms with Crippen LogP contribution in [0.1, 0.15) is 21.5 Å². The van der Waals surface area contributed by atoms with Crippen molar-refractivity contribution in [2.45, 2.75) is 6.61 Å². The third kappa shape index (κ3) is 5.03. The van der Waals surface area contributed by atoms with E-state index >= 15 is 0 Å². The van der Waals surface area contributed by atoms with Gasteiger partial charge in [-0.3, -0.25) is 0 Å². The van der Waals surface area contributed by atoms with E-state index in [1.807, 2.05) is 24.3 Å². The summed E-state index contributed by atoms with van der Waals surface area (Å²) >= 11 is 12.1. The van der Waals surface area contributed by atoms with Gasteiger partial charge in [0, 0.05) is 5.56 Å². The molecule has 0 aromatic heterocycles. The topological polar surface area (TPSA) is 73.9 Å². The van der Waals surface area contributed by atoms with Gasteiger partial charge in [0.1, 0.15) is 17.4 Å². The fraction of sp³-hybridized carbons (Fsp3) is 0.0476. The number of rotatable bonds is 6. The number of halogens is 2. The maximum absolute atomic E-state index is 12.2. The summed E-state index contributed by atoms with van der Waals surface area (Å²) in [4.78, 5) is 17.2. The van der Waals surface area contributed by atoms with Gasteiger partial charge in [0.15, 0.2) is 5.84 Å². The smallest absolute Gasteiger partial charge is 0.365 e. The van der Waals surface area contributed by atoms with Gasteiger partial charge in [0.25, 0.3) is 0 Å². The van der Waals surface area contributed by atoms with E-state index in [4.69, 9.17) is 38.5 Å². The number of oxime groups is 1. The van der Waals surface area contributed by atoms with Crippen LogP contribution in [0.25, 0.3) is 0 Å². The summed E-state index contributed by atoms with van der Waals surface area (Å²) in [6.07, 6.45) is 0. The summed E-state index contributed by atoms with van der Waals surface area (Å²) < 4.78 is 5.68. The minimum Gasteiger partial charge on any atom is -0.487 e. The lowest BCUT2D eigenvalue weighted by Gasteiger charge is -2.09. The Morgan fingerprint density at radius 1 is 0.929 bits per heavy atom. The van der Waals surface area contributed by atoms with Crippen LogP contribution in [0, 0.1) is 0 Å². The lowest BCUT2D eigenvalue weighted by molar-refractivity contribution is 0.0516. The number of nitrogens with two attached hydrogens (primary N) is 1. The molecule has 0 saturated heterocycles. The molecule has 28 heavy (non-hydrogen) atoms. The lowest BCUT2D eigenvalue weighted by Crippen LogP contribution is -2.15. The second-order valence-corrected chi connectivity index (χ2v) is 6.55. The van der Waals surface area contributed by atoms with Gasteiger partial charge in [-0.15, -0.1) is 0 Å². The zero-order valence-electron chi connectivity index (χ0n) is 14.6. The molecule has 2 N–H and O–H groups in total. The first-order chi connectivity index (χ1) is 13.5. The van der Waals surface area contributed by atoms with Gasteiger partial charge in [-0.05, 0) is 29.8 Å². The van der Waals surface area contributed by atoms with Gasteiger partial charge in [-0.25, -0.2) is 4.79 Å². The van der Waals surface area contributed by atoms with Gasteiger partial charge < -0.3 is 15.3 Å². The number of amidine groups is 1. The van der Waals surface area contributed by atoms with Crippen molar-refractivity contribution in [3.8, 4) is 5.75 Å². The van der Waals surface area contributed by atoms with Gasteiger partial charge >= 0.3 is 5.97 Å². The number of hydrogen-bond acceptors (Lipinski definition) is 4. The summed E-state index contributed by atoms with van der Waals surface area (Å²) in [6, 6.07) is 21.0. The summed E-state index contributed by atoms with van der Waals surface area (Å²) in [7, 11) is 0. The summed E-state index contributed by atoms with van der Waals surface area (Å²) in [5.74, 6) is -0.0482. The monoisotopic (exact) mass is 414 g/mol. The highest BCUT2D eigenvalue weighted by Gasteiger charge is 2.10. The van der Waals surface area contributed by atoms with Crippen molar-refractivity contribution in [2.24, 2.45) is 10.9 Å². The second kappa shape index (κ2) is 9.26. The quantitative estimate of drug-likeness (QED) is 0.265. The average Bonchev–Trinajstić information content (AvgIpc) is 2.73. The van der Waals surface area contributed by atoms with Gasteiger partial charge in [0.2, 0.25) is 0 Å². The molecular weight excluding hydrogens is 399 g/mol. The molecule has 0 aliphatic heterocycles. The molecule has 0 amide bonds. The molecule has 0 radical (unpaired) electrons. The molecule has 0 bridgehead atoms. The molecule has 0 fully saturated rings. The summed E-state index contributed by atoms with van der Waals surface area (Å²) in [5.41, 5.74) is 7.56. The van der Waals surface area contributed by atoms with Crippen molar-refractivity contribution in [1.82, 2.24) is 0 Å². The van der Waals surface area contributed by atoms with Crippen molar-refractivity contribution in [1.29, 1.82) is 0 Å². The third-order valence-electron chi connectivity index (χ3n) is 3.77. The molecule has 0 unspecified atom stereocenters. The first-order valence-corrected chi connectivity index (χ1v) is 9.06. The Kier molecular flexibility index (Phi) is 6.53. The van der Waals surface area contributed by atoms with Crippen molar-refractivity contribution >= 4 is 35.0 Å².